The Kier molecular flexibility index (Phi) is 5.35. The maximum absolute atomic E-state index is 12.8. The van der Waals surface area contributed by atoms with Crippen LogP contribution in [0.15, 0.2) is 11.6 Å². The highest BCUT2D eigenvalue weighted by molar-refractivity contribution is 5.94. The van der Waals surface area contributed by atoms with Crippen molar-refractivity contribution < 1.29 is 20.1 Å². The fourth-order valence-electron chi connectivity index (χ4n) is 5.48. The Balaban J connectivity index is 2.28. The number of aliphatic hydroxyl groups excluding tert-OH is 2. The first kappa shape index (κ1) is 19.6. The number of carbonyl (C=O) groups is 1. The van der Waals surface area contributed by atoms with Crippen LogP contribution >= 0.6 is 0 Å². The fraction of sp³-hybridized carbons (Fsp3) is 0.850. The molecule has 0 aromatic carbocycles. The zero-order valence-electron chi connectivity index (χ0n) is 15.8. The lowest BCUT2D eigenvalue weighted by atomic mass is 9.47. The van der Waals surface area contributed by atoms with Gasteiger partial charge in [0.2, 0.25) is 0 Å². The van der Waals surface area contributed by atoms with Gasteiger partial charge in [-0.05, 0) is 62.4 Å². The maximum atomic E-state index is 12.8. The van der Waals surface area contributed by atoms with Gasteiger partial charge in [-0.2, -0.15) is 0 Å². The van der Waals surface area contributed by atoms with Crippen LogP contribution in [0.1, 0.15) is 66.7 Å². The van der Waals surface area contributed by atoms with Crippen LogP contribution in [0.2, 0.25) is 0 Å². The van der Waals surface area contributed by atoms with Crippen molar-refractivity contribution in [2.24, 2.45) is 22.7 Å². The molecule has 2 aliphatic carbocycles. The van der Waals surface area contributed by atoms with Gasteiger partial charge < -0.3 is 15.3 Å². The number of carbonyl (C=O) groups excluding carboxylic acids is 1. The molecule has 0 heterocycles. The molecule has 4 nitrogen and oxygen atoms in total. The van der Waals surface area contributed by atoms with Crippen LogP contribution in [-0.4, -0.2) is 39.4 Å². The van der Waals surface area contributed by atoms with E-state index in [2.05, 4.69) is 20.8 Å². The van der Waals surface area contributed by atoms with E-state index in [1.165, 1.54) is 0 Å². The topological polar surface area (TPSA) is 77.8 Å². The van der Waals surface area contributed by atoms with E-state index in [-0.39, 0.29) is 28.4 Å². The number of fused-ring (bicyclic) bond motifs is 1. The van der Waals surface area contributed by atoms with Crippen molar-refractivity contribution in [1.29, 1.82) is 0 Å². The molecule has 1 fully saturated rings. The van der Waals surface area contributed by atoms with Gasteiger partial charge in [0.1, 0.15) is 6.10 Å². The molecule has 0 aromatic heterocycles. The number of hydrogen-bond donors (Lipinski definition) is 3. The molecule has 0 spiro atoms. The van der Waals surface area contributed by atoms with Crippen molar-refractivity contribution in [2.75, 3.05) is 6.61 Å². The smallest absolute Gasteiger partial charge is 0.159 e. The molecule has 0 amide bonds. The van der Waals surface area contributed by atoms with Gasteiger partial charge in [-0.3, -0.25) is 4.79 Å². The molecule has 138 valence electrons. The summed E-state index contributed by atoms with van der Waals surface area (Å²) >= 11 is 0. The Bertz CT molecular complexity index is 520. The molecule has 0 saturated heterocycles. The molecule has 24 heavy (non-hydrogen) atoms. The zero-order chi connectivity index (χ0) is 18.3. The second-order valence-electron chi connectivity index (χ2n) is 9.22. The first-order valence-electron chi connectivity index (χ1n) is 9.19. The Morgan fingerprint density at radius 1 is 1.33 bits per heavy atom. The third-order valence-corrected chi connectivity index (χ3v) is 6.81. The standard InChI is InChI=1S/C20H34O4/c1-13-11-15(22)17-18(2,3)8-6-9-19(17,4)14(13)7-10-20(5,24)16(23)12-21/h11,14,16-17,21,23-24H,6-10,12H2,1-5H3/t14-,16-,17-,19-,20-/m1/s1. The Morgan fingerprint density at radius 2 is 1.96 bits per heavy atom. The lowest BCUT2D eigenvalue weighted by Crippen LogP contribution is -2.53. The summed E-state index contributed by atoms with van der Waals surface area (Å²) in [6, 6.07) is 0. The van der Waals surface area contributed by atoms with E-state index in [1.54, 1.807) is 13.0 Å². The minimum absolute atomic E-state index is 0.00728. The van der Waals surface area contributed by atoms with Crippen molar-refractivity contribution in [3.05, 3.63) is 11.6 Å². The van der Waals surface area contributed by atoms with E-state index in [4.69, 9.17) is 5.11 Å². The molecular formula is C20H34O4. The van der Waals surface area contributed by atoms with Crippen LogP contribution in [0.3, 0.4) is 0 Å². The Morgan fingerprint density at radius 3 is 2.54 bits per heavy atom. The minimum Gasteiger partial charge on any atom is -0.394 e. The number of rotatable bonds is 5. The SMILES string of the molecule is CC1=CC(=O)[C@@H]2C(C)(C)CCC[C@]2(C)[C@@H]1CC[C@@](C)(O)[C@H](O)CO. The second kappa shape index (κ2) is 6.54. The molecule has 3 N–H and O–H groups in total. The predicted octanol–water partition coefficient (Wildman–Crippen LogP) is 2.85. The molecule has 2 aliphatic rings. The summed E-state index contributed by atoms with van der Waals surface area (Å²) < 4.78 is 0. The molecule has 0 unspecified atom stereocenters. The summed E-state index contributed by atoms with van der Waals surface area (Å²) in [4.78, 5) is 12.8. The highest BCUT2D eigenvalue weighted by Gasteiger charge is 2.55. The zero-order valence-corrected chi connectivity index (χ0v) is 15.8. The molecule has 5 atom stereocenters. The van der Waals surface area contributed by atoms with Crippen molar-refractivity contribution >= 4 is 5.78 Å². The Labute approximate surface area is 146 Å². The van der Waals surface area contributed by atoms with Gasteiger partial charge in [-0.25, -0.2) is 0 Å². The van der Waals surface area contributed by atoms with Gasteiger partial charge in [0.25, 0.3) is 0 Å². The van der Waals surface area contributed by atoms with Crippen molar-refractivity contribution in [1.82, 2.24) is 0 Å². The molecule has 0 aliphatic heterocycles. The lowest BCUT2D eigenvalue weighted by Gasteiger charge is -2.56. The number of aliphatic hydroxyl groups is 3. The largest absolute Gasteiger partial charge is 0.394 e. The van der Waals surface area contributed by atoms with E-state index in [0.717, 1.165) is 24.8 Å². The lowest BCUT2D eigenvalue weighted by molar-refractivity contribution is -0.137. The third-order valence-electron chi connectivity index (χ3n) is 6.81. The summed E-state index contributed by atoms with van der Waals surface area (Å²) in [5.41, 5.74) is -0.331. The minimum atomic E-state index is -1.31. The molecular weight excluding hydrogens is 304 g/mol. The van der Waals surface area contributed by atoms with E-state index in [9.17, 15) is 15.0 Å². The molecule has 1 saturated carbocycles. The quantitative estimate of drug-likeness (QED) is 0.720. The molecule has 0 bridgehead atoms. The summed E-state index contributed by atoms with van der Waals surface area (Å²) in [5.74, 6) is 0.482. The predicted molar refractivity (Wildman–Crippen MR) is 94.4 cm³/mol. The van der Waals surface area contributed by atoms with Crippen LogP contribution in [-0.2, 0) is 4.79 Å². The van der Waals surface area contributed by atoms with Gasteiger partial charge in [-0.1, -0.05) is 32.8 Å². The summed E-state index contributed by atoms with van der Waals surface area (Å²) in [5, 5.41) is 29.4. The maximum Gasteiger partial charge on any atom is 0.159 e. The summed E-state index contributed by atoms with van der Waals surface area (Å²) in [6.45, 7) is 9.77. The van der Waals surface area contributed by atoms with E-state index < -0.39 is 18.3 Å². The highest BCUT2D eigenvalue weighted by Crippen LogP contribution is 2.59. The van der Waals surface area contributed by atoms with Crippen LogP contribution in [0.25, 0.3) is 0 Å². The highest BCUT2D eigenvalue weighted by atomic mass is 16.4. The van der Waals surface area contributed by atoms with Gasteiger partial charge in [0, 0.05) is 5.92 Å². The monoisotopic (exact) mass is 338 g/mol. The van der Waals surface area contributed by atoms with Crippen molar-refractivity contribution in [3.63, 3.8) is 0 Å². The van der Waals surface area contributed by atoms with Crippen LogP contribution in [0.4, 0.5) is 0 Å². The van der Waals surface area contributed by atoms with Gasteiger partial charge >= 0.3 is 0 Å². The summed E-state index contributed by atoms with van der Waals surface area (Å²) in [7, 11) is 0. The second-order valence-corrected chi connectivity index (χ2v) is 9.22. The average Bonchev–Trinajstić information content (AvgIpc) is 2.43. The first-order valence-corrected chi connectivity index (χ1v) is 9.19. The number of hydrogen-bond acceptors (Lipinski definition) is 4. The van der Waals surface area contributed by atoms with Gasteiger partial charge in [-0.15, -0.1) is 0 Å². The van der Waals surface area contributed by atoms with Crippen molar-refractivity contribution in [2.45, 2.75) is 78.4 Å². The van der Waals surface area contributed by atoms with Crippen LogP contribution < -0.4 is 0 Å². The molecule has 0 aromatic rings. The molecule has 0 radical (unpaired) electrons. The average molecular weight is 338 g/mol. The van der Waals surface area contributed by atoms with E-state index in [0.29, 0.717) is 12.8 Å². The van der Waals surface area contributed by atoms with E-state index >= 15 is 0 Å². The molecule has 4 heteroatoms. The number of ketones is 1. The molecule has 2 rings (SSSR count). The van der Waals surface area contributed by atoms with Gasteiger partial charge in [0.15, 0.2) is 5.78 Å². The van der Waals surface area contributed by atoms with Crippen molar-refractivity contribution in [3.8, 4) is 0 Å². The first-order chi connectivity index (χ1) is 11.0. The van der Waals surface area contributed by atoms with Crippen LogP contribution in [0, 0.1) is 22.7 Å². The normalized spacial score (nSPS) is 36.5. The Hall–Kier alpha value is -0.710. The summed E-state index contributed by atoms with van der Waals surface area (Å²) in [6.07, 6.45) is 4.99. The fourth-order valence-corrected chi connectivity index (χ4v) is 5.48. The van der Waals surface area contributed by atoms with Crippen LogP contribution in [0.5, 0.6) is 0 Å². The third kappa shape index (κ3) is 3.33. The van der Waals surface area contributed by atoms with E-state index in [1.807, 2.05) is 6.92 Å². The van der Waals surface area contributed by atoms with Gasteiger partial charge in [0.05, 0.1) is 12.2 Å². The number of allylic oxidation sites excluding steroid dienone is 2.